The van der Waals surface area contributed by atoms with Gasteiger partial charge >= 0.3 is 12.3 Å². The zero-order valence-corrected chi connectivity index (χ0v) is 15.6. The smallest absolute Gasteiger partial charge is 0.416 e. The van der Waals surface area contributed by atoms with E-state index in [-0.39, 0.29) is 41.4 Å². The van der Waals surface area contributed by atoms with E-state index in [0.717, 1.165) is 12.1 Å². The topological polar surface area (TPSA) is 59.5 Å². The number of ether oxygens (including phenoxy) is 1. The third kappa shape index (κ3) is 4.16. The van der Waals surface area contributed by atoms with E-state index in [9.17, 15) is 22.8 Å². The van der Waals surface area contributed by atoms with Crippen LogP contribution in [0.3, 0.4) is 0 Å². The molecule has 3 rings (SSSR count). The molecule has 0 saturated heterocycles. The van der Waals surface area contributed by atoms with Crippen LogP contribution in [0.2, 0.25) is 0 Å². The maximum Gasteiger partial charge on any atom is 0.416 e. The number of nitrogens with zero attached hydrogens (tertiary/aromatic N) is 2. The molecule has 2 heterocycles. The van der Waals surface area contributed by atoms with Gasteiger partial charge in [-0.15, -0.1) is 0 Å². The lowest BCUT2D eigenvalue weighted by Gasteiger charge is -2.30. The van der Waals surface area contributed by atoms with Crippen LogP contribution in [0, 0.1) is 0 Å². The van der Waals surface area contributed by atoms with E-state index in [4.69, 9.17) is 4.74 Å². The normalized spacial score (nSPS) is 14.6. The van der Waals surface area contributed by atoms with Crippen molar-refractivity contribution in [2.45, 2.75) is 39.0 Å². The fourth-order valence-electron chi connectivity index (χ4n) is 2.84. The molecule has 1 aliphatic heterocycles. The van der Waals surface area contributed by atoms with Crippen LogP contribution < -0.4 is 4.90 Å². The van der Waals surface area contributed by atoms with Crippen molar-refractivity contribution in [3.63, 3.8) is 0 Å². The van der Waals surface area contributed by atoms with Crippen LogP contribution in [0.4, 0.5) is 23.8 Å². The largest absolute Gasteiger partial charge is 0.443 e. The van der Waals surface area contributed by atoms with Gasteiger partial charge in [-0.25, -0.2) is 9.78 Å². The Bertz CT molecular complexity index is 933. The summed E-state index contributed by atoms with van der Waals surface area (Å²) in [4.78, 5) is 30.3. The van der Waals surface area contributed by atoms with E-state index in [1.165, 1.54) is 29.2 Å². The molecule has 148 valence electrons. The number of hydrogen-bond acceptors (Lipinski definition) is 4. The summed E-state index contributed by atoms with van der Waals surface area (Å²) in [5.41, 5.74) is -0.831. The van der Waals surface area contributed by atoms with Crippen molar-refractivity contribution in [3.05, 3.63) is 47.5 Å². The first-order valence-electron chi connectivity index (χ1n) is 8.68. The van der Waals surface area contributed by atoms with Gasteiger partial charge in [0, 0.05) is 18.5 Å². The number of fused-ring (bicyclic) bond motifs is 1. The number of carbonyl (C=O) groups is 2. The number of hydrogen-bond donors (Lipinski definition) is 0. The van der Waals surface area contributed by atoms with Crippen LogP contribution in [0.15, 0.2) is 36.4 Å². The number of aromatic nitrogens is 1. The Balaban J connectivity index is 2.03. The number of benzene rings is 1. The number of rotatable bonds is 1. The molecule has 0 N–H and O–H groups in total. The Hall–Kier alpha value is -2.90. The number of ketones is 1. The molecular formula is C20H19F3N2O3. The predicted octanol–water partition coefficient (Wildman–Crippen LogP) is 5.10. The SMILES string of the molecule is CC(C)(C)OC(=O)N1CCC(=O)c2ccc(-c3cccc(C(F)(F)F)c3)nc21. The third-order valence-electron chi connectivity index (χ3n) is 4.09. The van der Waals surface area contributed by atoms with Crippen molar-refractivity contribution in [1.29, 1.82) is 0 Å². The molecule has 0 unspecified atom stereocenters. The van der Waals surface area contributed by atoms with Crippen molar-refractivity contribution in [2.24, 2.45) is 0 Å². The Labute approximate surface area is 160 Å². The van der Waals surface area contributed by atoms with Gasteiger partial charge in [0.2, 0.25) is 0 Å². The Morgan fingerprint density at radius 2 is 1.86 bits per heavy atom. The highest BCUT2D eigenvalue weighted by Crippen LogP contribution is 2.34. The molecule has 1 amide bonds. The first kappa shape index (κ1) is 19.9. The highest BCUT2D eigenvalue weighted by Gasteiger charge is 2.33. The zero-order valence-electron chi connectivity index (χ0n) is 15.6. The summed E-state index contributed by atoms with van der Waals surface area (Å²) in [5.74, 6) is -0.0849. The lowest BCUT2D eigenvalue weighted by Crippen LogP contribution is -2.41. The standard InChI is InChI=1S/C20H19F3N2O3/c1-19(2,3)28-18(27)25-10-9-16(26)14-7-8-15(24-17(14)25)12-5-4-6-13(11-12)20(21,22)23/h4-8,11H,9-10H2,1-3H3. The Kier molecular flexibility index (Phi) is 4.91. The Morgan fingerprint density at radius 1 is 1.14 bits per heavy atom. The number of alkyl halides is 3. The summed E-state index contributed by atoms with van der Waals surface area (Å²) in [6.07, 6.45) is -5.02. The maximum absolute atomic E-state index is 13.0. The van der Waals surface area contributed by atoms with Gasteiger partial charge in [0.15, 0.2) is 5.78 Å². The molecule has 1 aliphatic rings. The number of amides is 1. The third-order valence-corrected chi connectivity index (χ3v) is 4.09. The van der Waals surface area contributed by atoms with Gasteiger partial charge in [0.1, 0.15) is 11.4 Å². The highest BCUT2D eigenvalue weighted by atomic mass is 19.4. The molecule has 0 atom stereocenters. The Morgan fingerprint density at radius 3 is 2.50 bits per heavy atom. The summed E-state index contributed by atoms with van der Waals surface area (Å²) < 4.78 is 44.4. The van der Waals surface area contributed by atoms with Crippen LogP contribution in [0.25, 0.3) is 11.3 Å². The molecule has 5 nitrogen and oxygen atoms in total. The van der Waals surface area contributed by atoms with Crippen molar-refractivity contribution in [3.8, 4) is 11.3 Å². The van der Waals surface area contributed by atoms with Crippen molar-refractivity contribution < 1.29 is 27.5 Å². The van der Waals surface area contributed by atoms with Crippen LogP contribution in [0.1, 0.15) is 43.1 Å². The number of anilines is 1. The lowest BCUT2D eigenvalue weighted by molar-refractivity contribution is -0.137. The van der Waals surface area contributed by atoms with E-state index in [0.29, 0.717) is 0 Å². The molecule has 0 saturated carbocycles. The number of pyridine rings is 1. The summed E-state index contributed by atoms with van der Waals surface area (Å²) in [6.45, 7) is 5.24. The molecule has 0 fully saturated rings. The minimum Gasteiger partial charge on any atom is -0.443 e. The van der Waals surface area contributed by atoms with Crippen LogP contribution in [-0.4, -0.2) is 29.0 Å². The summed E-state index contributed by atoms with van der Waals surface area (Å²) in [7, 11) is 0. The molecule has 2 aromatic rings. The van der Waals surface area contributed by atoms with Gasteiger partial charge < -0.3 is 4.74 Å². The maximum atomic E-state index is 13.0. The van der Waals surface area contributed by atoms with Gasteiger partial charge in [-0.3, -0.25) is 9.69 Å². The quantitative estimate of drug-likeness (QED) is 0.678. The van der Waals surface area contributed by atoms with Crippen molar-refractivity contribution in [2.75, 3.05) is 11.4 Å². The second kappa shape index (κ2) is 6.92. The number of halogens is 3. The van der Waals surface area contributed by atoms with E-state index >= 15 is 0 Å². The monoisotopic (exact) mass is 392 g/mol. The molecule has 0 radical (unpaired) electrons. The lowest BCUT2D eigenvalue weighted by atomic mass is 10.0. The summed E-state index contributed by atoms with van der Waals surface area (Å²) in [6, 6.07) is 7.69. The van der Waals surface area contributed by atoms with Crippen molar-refractivity contribution in [1.82, 2.24) is 4.98 Å². The van der Waals surface area contributed by atoms with Crippen LogP contribution in [-0.2, 0) is 10.9 Å². The van der Waals surface area contributed by atoms with E-state index < -0.39 is 23.4 Å². The van der Waals surface area contributed by atoms with Gasteiger partial charge in [-0.2, -0.15) is 13.2 Å². The highest BCUT2D eigenvalue weighted by molar-refractivity contribution is 6.06. The van der Waals surface area contributed by atoms with Gasteiger partial charge in [0.25, 0.3) is 0 Å². The zero-order chi connectivity index (χ0) is 20.7. The van der Waals surface area contributed by atoms with Crippen LogP contribution >= 0.6 is 0 Å². The van der Waals surface area contributed by atoms with Gasteiger partial charge in [-0.1, -0.05) is 12.1 Å². The molecule has 0 bridgehead atoms. The van der Waals surface area contributed by atoms with Gasteiger partial charge in [-0.05, 0) is 45.0 Å². The van der Waals surface area contributed by atoms with Crippen LogP contribution in [0.5, 0.6) is 0 Å². The second-order valence-corrected chi connectivity index (χ2v) is 7.45. The second-order valence-electron chi connectivity index (χ2n) is 7.45. The summed E-state index contributed by atoms with van der Waals surface area (Å²) in [5, 5.41) is 0. The van der Waals surface area contributed by atoms with E-state index in [2.05, 4.69) is 4.98 Å². The molecule has 0 spiro atoms. The minimum absolute atomic E-state index is 0.0970. The van der Waals surface area contributed by atoms with Crippen molar-refractivity contribution >= 4 is 17.7 Å². The van der Waals surface area contributed by atoms with E-state index in [1.807, 2.05) is 0 Å². The molecule has 1 aromatic carbocycles. The number of carbonyl (C=O) groups excluding carboxylic acids is 2. The fraction of sp³-hybridized carbons (Fsp3) is 0.350. The van der Waals surface area contributed by atoms with Gasteiger partial charge in [0.05, 0.1) is 16.8 Å². The number of Topliss-reactive ketones (excluding diaryl/α,β-unsaturated/α-hetero) is 1. The first-order valence-corrected chi connectivity index (χ1v) is 8.68. The predicted molar refractivity (Wildman–Crippen MR) is 97.2 cm³/mol. The molecular weight excluding hydrogens is 373 g/mol. The van der Waals surface area contributed by atoms with E-state index in [1.54, 1.807) is 20.8 Å². The molecule has 28 heavy (non-hydrogen) atoms. The fourth-order valence-corrected chi connectivity index (χ4v) is 2.84. The molecule has 0 aliphatic carbocycles. The summed E-state index contributed by atoms with van der Waals surface area (Å²) >= 11 is 0. The minimum atomic E-state index is -4.48. The average molecular weight is 392 g/mol. The first-order chi connectivity index (χ1) is 13.0. The average Bonchev–Trinajstić information content (AvgIpc) is 2.59. The molecule has 8 heteroatoms. The molecule has 1 aromatic heterocycles.